The number of unbranched alkanes of at least 4 members (excludes halogenated alkanes) is 20. The summed E-state index contributed by atoms with van der Waals surface area (Å²) in [6.45, 7) is 7.35. The fourth-order valence-electron chi connectivity index (χ4n) is 6.63. The van der Waals surface area contributed by atoms with E-state index in [2.05, 4.69) is 27.7 Å². The van der Waals surface area contributed by atoms with Crippen LogP contribution in [0.15, 0.2) is 0 Å². The molecule has 0 fully saturated rings. The van der Waals surface area contributed by atoms with Gasteiger partial charge in [-0.15, -0.1) is 0 Å². The second-order valence-corrected chi connectivity index (χ2v) is 15.1. The van der Waals surface area contributed by atoms with Gasteiger partial charge in [-0.2, -0.15) is 0 Å². The lowest BCUT2D eigenvalue weighted by molar-refractivity contribution is -0.219. The molecule has 0 aromatic rings. The summed E-state index contributed by atoms with van der Waals surface area (Å²) in [6.07, 6.45) is 12.1. The molecule has 0 aromatic carbocycles. The summed E-state index contributed by atoms with van der Waals surface area (Å²) in [5, 5.41) is 57.9. The van der Waals surface area contributed by atoms with E-state index in [4.69, 9.17) is 4.74 Å². The van der Waals surface area contributed by atoms with Gasteiger partial charge < -0.3 is 30.3 Å². The molecule has 5 unspecified atom stereocenters. The third-order valence-electron chi connectivity index (χ3n) is 10.4. The van der Waals surface area contributed by atoms with Gasteiger partial charge in [0.1, 0.15) is 18.8 Å². The number of hydrogen-bond donors (Lipinski definition) is 5. The number of Topliss-reactive ketones (excluding diaryl/α,β-unsaturated/α-hetero) is 3. The molecule has 0 aliphatic rings. The summed E-state index contributed by atoms with van der Waals surface area (Å²) in [5.74, 6) is -3.58. The maximum absolute atomic E-state index is 13.7. The van der Waals surface area contributed by atoms with Gasteiger partial charge in [-0.3, -0.25) is 19.2 Å². The Morgan fingerprint density at radius 2 is 0.808 bits per heavy atom. The molecule has 0 rings (SSSR count). The Hall–Kier alpha value is -1.72. The van der Waals surface area contributed by atoms with Crippen molar-refractivity contribution in [3.63, 3.8) is 0 Å². The predicted molar refractivity (Wildman–Crippen MR) is 206 cm³/mol. The normalized spacial score (nSPS) is 15.7. The van der Waals surface area contributed by atoms with E-state index < -0.39 is 59.4 Å². The van der Waals surface area contributed by atoms with Gasteiger partial charge in [0.2, 0.25) is 0 Å². The number of hydrogen-bond acceptors (Lipinski definition) is 10. The Kier molecular flexibility index (Phi) is 29.6. The molecule has 10 heteroatoms. The van der Waals surface area contributed by atoms with E-state index in [-0.39, 0.29) is 25.7 Å². The van der Waals surface area contributed by atoms with Gasteiger partial charge >= 0.3 is 5.97 Å². The van der Waals surface area contributed by atoms with Crippen molar-refractivity contribution in [1.29, 1.82) is 0 Å². The Morgan fingerprint density at radius 3 is 1.23 bits per heavy atom. The van der Waals surface area contributed by atoms with E-state index in [1.807, 2.05) is 0 Å². The van der Waals surface area contributed by atoms with E-state index in [0.717, 1.165) is 109 Å². The summed E-state index contributed by atoms with van der Waals surface area (Å²) >= 11 is 0. The predicted octanol–water partition coefficient (Wildman–Crippen LogP) is 7.78. The molecule has 0 aliphatic heterocycles. The second kappa shape index (κ2) is 30.6. The average molecular weight is 743 g/mol. The molecule has 0 amide bonds. The molecular weight excluding hydrogens is 664 g/mol. The molecule has 0 bridgehead atoms. The van der Waals surface area contributed by atoms with Gasteiger partial charge in [-0.25, -0.2) is 0 Å². The molecule has 0 aliphatic carbocycles. The molecule has 5 atom stereocenters. The highest BCUT2D eigenvalue weighted by atomic mass is 16.5. The molecule has 52 heavy (non-hydrogen) atoms. The number of aliphatic hydroxyl groups is 5. The molecule has 5 N–H and O–H groups in total. The van der Waals surface area contributed by atoms with Crippen LogP contribution in [0.25, 0.3) is 0 Å². The number of carbonyl (C=O) groups is 4. The van der Waals surface area contributed by atoms with Crippen LogP contribution < -0.4 is 0 Å². The maximum Gasteiger partial charge on any atom is 0.305 e. The monoisotopic (exact) mass is 743 g/mol. The van der Waals surface area contributed by atoms with Crippen LogP contribution in [-0.2, 0) is 23.9 Å². The molecule has 0 radical (unpaired) electrons. The van der Waals surface area contributed by atoms with Gasteiger partial charge in [0.25, 0.3) is 0 Å². The topological polar surface area (TPSA) is 179 Å². The molecule has 0 saturated carbocycles. The SMILES string of the molecule is CCCCCCCCC(=O)OCC(O)(C(=O)CCCCCCCC)C(O)C(O)C(O)(C(=O)CCCCCCCC)C(O)C(=O)CCCCCCCC. The van der Waals surface area contributed by atoms with Crippen molar-refractivity contribution < 1.29 is 49.4 Å². The zero-order valence-electron chi connectivity index (χ0n) is 33.5. The number of aliphatic hydroxyl groups excluding tert-OH is 3. The largest absolute Gasteiger partial charge is 0.462 e. The lowest BCUT2D eigenvalue weighted by Crippen LogP contribution is -2.69. The third-order valence-corrected chi connectivity index (χ3v) is 10.4. The molecule has 0 heterocycles. The Bertz CT molecular complexity index is 955. The molecule has 10 nitrogen and oxygen atoms in total. The Labute approximate surface area is 315 Å². The van der Waals surface area contributed by atoms with Gasteiger partial charge in [-0.05, 0) is 25.7 Å². The van der Waals surface area contributed by atoms with Gasteiger partial charge in [-0.1, -0.05) is 156 Å². The van der Waals surface area contributed by atoms with E-state index >= 15 is 0 Å². The van der Waals surface area contributed by atoms with E-state index in [1.165, 1.54) is 0 Å². The first-order valence-corrected chi connectivity index (χ1v) is 21.1. The highest BCUT2D eigenvalue weighted by molar-refractivity contribution is 5.97. The Morgan fingerprint density at radius 1 is 0.462 bits per heavy atom. The van der Waals surface area contributed by atoms with Crippen LogP contribution in [0.1, 0.15) is 207 Å². The summed E-state index contributed by atoms with van der Waals surface area (Å²) < 4.78 is 5.30. The first kappa shape index (κ1) is 50.3. The summed E-state index contributed by atoms with van der Waals surface area (Å²) in [5.41, 5.74) is -6.12. The summed E-state index contributed by atoms with van der Waals surface area (Å²) in [4.78, 5) is 53.2. The number of rotatable bonds is 37. The number of carbonyl (C=O) groups excluding carboxylic acids is 4. The van der Waals surface area contributed by atoms with Crippen LogP contribution in [0, 0.1) is 0 Å². The van der Waals surface area contributed by atoms with Gasteiger partial charge in [0.15, 0.2) is 34.7 Å². The van der Waals surface area contributed by atoms with Crippen molar-refractivity contribution in [2.75, 3.05) is 6.61 Å². The van der Waals surface area contributed by atoms with Crippen LogP contribution in [-0.4, -0.2) is 85.0 Å². The van der Waals surface area contributed by atoms with E-state index in [1.54, 1.807) is 0 Å². The number of ketones is 3. The highest BCUT2D eigenvalue weighted by Gasteiger charge is 2.59. The van der Waals surface area contributed by atoms with Crippen LogP contribution in [0.4, 0.5) is 0 Å². The van der Waals surface area contributed by atoms with Crippen LogP contribution >= 0.6 is 0 Å². The molecule has 0 aromatic heterocycles. The molecule has 0 saturated heterocycles. The maximum atomic E-state index is 13.7. The van der Waals surface area contributed by atoms with Gasteiger partial charge in [0, 0.05) is 25.7 Å². The quantitative estimate of drug-likeness (QED) is 0.0312. The average Bonchev–Trinajstić information content (AvgIpc) is 3.14. The van der Waals surface area contributed by atoms with Gasteiger partial charge in [0.05, 0.1) is 0 Å². The van der Waals surface area contributed by atoms with Crippen molar-refractivity contribution in [3.8, 4) is 0 Å². The number of ether oxygens (including phenoxy) is 1. The highest BCUT2D eigenvalue weighted by Crippen LogP contribution is 2.31. The van der Waals surface area contributed by atoms with Crippen molar-refractivity contribution in [2.45, 2.75) is 237 Å². The standard InChI is InChI=1S/C42H78O10/c1-5-9-13-17-21-25-29-34(43)38(47)42(51,36(45)31-27-23-19-15-11-7-3)40(49)39(48)41(50,35(44)30-26-22-18-14-10-6-2)33-52-37(46)32-28-24-20-16-12-8-4/h38-40,47-51H,5-33H2,1-4H3. The van der Waals surface area contributed by atoms with Crippen molar-refractivity contribution in [2.24, 2.45) is 0 Å². The second-order valence-electron chi connectivity index (χ2n) is 15.1. The molecule has 0 spiro atoms. The third kappa shape index (κ3) is 19.6. The first-order valence-electron chi connectivity index (χ1n) is 21.1. The smallest absolute Gasteiger partial charge is 0.305 e. The summed E-state index contributed by atoms with van der Waals surface area (Å²) in [6, 6.07) is 0. The zero-order chi connectivity index (χ0) is 39.3. The van der Waals surface area contributed by atoms with Crippen molar-refractivity contribution >= 4 is 23.3 Å². The molecule has 306 valence electrons. The van der Waals surface area contributed by atoms with Crippen LogP contribution in [0.3, 0.4) is 0 Å². The minimum Gasteiger partial charge on any atom is -0.462 e. The molecular formula is C42H78O10. The summed E-state index contributed by atoms with van der Waals surface area (Å²) in [7, 11) is 0. The lowest BCUT2D eigenvalue weighted by atomic mass is 9.74. The van der Waals surface area contributed by atoms with Crippen molar-refractivity contribution in [3.05, 3.63) is 0 Å². The fourth-order valence-corrected chi connectivity index (χ4v) is 6.63. The minimum absolute atomic E-state index is 0.0266. The van der Waals surface area contributed by atoms with E-state index in [9.17, 15) is 44.7 Å². The lowest BCUT2D eigenvalue weighted by Gasteiger charge is -2.41. The fraction of sp³-hybridized carbons (Fsp3) is 0.905. The first-order chi connectivity index (χ1) is 24.9. The van der Waals surface area contributed by atoms with Crippen molar-refractivity contribution in [1.82, 2.24) is 0 Å². The van der Waals surface area contributed by atoms with Crippen LogP contribution in [0.5, 0.6) is 0 Å². The zero-order valence-corrected chi connectivity index (χ0v) is 33.5. The minimum atomic E-state index is -3.21. The van der Waals surface area contributed by atoms with Crippen LogP contribution in [0.2, 0.25) is 0 Å². The Balaban J connectivity index is 6.17. The van der Waals surface area contributed by atoms with E-state index in [0.29, 0.717) is 44.9 Å². The number of esters is 1.